The van der Waals surface area contributed by atoms with E-state index in [2.05, 4.69) is 22.8 Å². The van der Waals surface area contributed by atoms with E-state index in [1.165, 1.54) is 5.56 Å². The summed E-state index contributed by atoms with van der Waals surface area (Å²) in [4.78, 5) is 12.7. The van der Waals surface area contributed by atoms with Crippen molar-refractivity contribution < 1.29 is 14.3 Å². The normalized spacial score (nSPS) is 10.9. The number of rotatable bonds is 8. The lowest BCUT2D eigenvalue weighted by atomic mass is 10.1. The Labute approximate surface area is 186 Å². The Bertz CT molecular complexity index is 1170. The van der Waals surface area contributed by atoms with Crippen LogP contribution in [-0.2, 0) is 29.1 Å². The van der Waals surface area contributed by atoms with E-state index in [-0.39, 0.29) is 19.0 Å². The van der Waals surface area contributed by atoms with Crippen molar-refractivity contribution in [1.29, 1.82) is 0 Å². The van der Waals surface area contributed by atoms with Gasteiger partial charge in [0.05, 0.1) is 18.6 Å². The predicted octanol–water partition coefficient (Wildman–Crippen LogP) is 5.71. The second-order valence-corrected chi connectivity index (χ2v) is 8.06. The SMILES string of the molecule is COc1ccc2c(c1)c(CC(=O)OCc1ccccc1)c(SC)n2Cc1ccccc1. The predicted molar refractivity (Wildman–Crippen MR) is 126 cm³/mol. The average Bonchev–Trinajstić information content (AvgIpc) is 3.10. The Balaban J connectivity index is 1.68. The molecule has 1 heterocycles. The van der Waals surface area contributed by atoms with E-state index in [0.29, 0.717) is 0 Å². The number of hydrogen-bond acceptors (Lipinski definition) is 4. The summed E-state index contributed by atoms with van der Waals surface area (Å²) in [6.07, 6.45) is 2.26. The van der Waals surface area contributed by atoms with Crippen molar-refractivity contribution in [3.63, 3.8) is 0 Å². The van der Waals surface area contributed by atoms with Gasteiger partial charge >= 0.3 is 5.97 Å². The Morgan fingerprint density at radius 1 is 0.935 bits per heavy atom. The fourth-order valence-corrected chi connectivity index (χ4v) is 4.58. The fourth-order valence-electron chi connectivity index (χ4n) is 3.77. The molecule has 0 N–H and O–H groups in total. The van der Waals surface area contributed by atoms with Gasteiger partial charge in [-0.05, 0) is 35.6 Å². The number of nitrogens with zero attached hydrogens (tertiary/aromatic N) is 1. The third kappa shape index (κ3) is 4.78. The molecular formula is C26H25NO3S. The van der Waals surface area contributed by atoms with Crippen molar-refractivity contribution in [3.8, 4) is 5.75 Å². The van der Waals surface area contributed by atoms with Gasteiger partial charge in [-0.3, -0.25) is 4.79 Å². The first-order chi connectivity index (χ1) is 15.2. The van der Waals surface area contributed by atoms with E-state index in [0.717, 1.165) is 39.4 Å². The van der Waals surface area contributed by atoms with Gasteiger partial charge in [0.2, 0.25) is 0 Å². The van der Waals surface area contributed by atoms with Crippen LogP contribution < -0.4 is 4.74 Å². The number of methoxy groups -OCH3 is 1. The second kappa shape index (κ2) is 9.75. The lowest BCUT2D eigenvalue weighted by Gasteiger charge is -2.11. The molecular weight excluding hydrogens is 406 g/mol. The van der Waals surface area contributed by atoms with Crippen molar-refractivity contribution in [2.75, 3.05) is 13.4 Å². The summed E-state index contributed by atoms with van der Waals surface area (Å²) in [5.41, 5.74) is 4.26. The van der Waals surface area contributed by atoms with Gasteiger partial charge < -0.3 is 14.0 Å². The van der Waals surface area contributed by atoms with Gasteiger partial charge in [-0.15, -0.1) is 11.8 Å². The molecule has 0 aliphatic carbocycles. The highest BCUT2D eigenvalue weighted by molar-refractivity contribution is 7.98. The summed E-state index contributed by atoms with van der Waals surface area (Å²) in [6.45, 7) is 1.01. The minimum Gasteiger partial charge on any atom is -0.497 e. The van der Waals surface area contributed by atoms with E-state index in [4.69, 9.17) is 9.47 Å². The molecule has 4 aromatic rings. The molecule has 0 radical (unpaired) electrons. The Morgan fingerprint density at radius 2 is 1.61 bits per heavy atom. The van der Waals surface area contributed by atoms with E-state index >= 15 is 0 Å². The number of carbonyl (C=O) groups is 1. The van der Waals surface area contributed by atoms with Crippen LogP contribution in [0.1, 0.15) is 16.7 Å². The van der Waals surface area contributed by atoms with Crippen molar-refractivity contribution in [3.05, 3.63) is 95.6 Å². The molecule has 3 aromatic carbocycles. The number of thioether (sulfide) groups is 1. The zero-order valence-corrected chi connectivity index (χ0v) is 18.5. The van der Waals surface area contributed by atoms with Crippen LogP contribution in [0.5, 0.6) is 5.75 Å². The maximum Gasteiger partial charge on any atom is 0.310 e. The van der Waals surface area contributed by atoms with Gasteiger partial charge in [-0.1, -0.05) is 60.7 Å². The molecule has 158 valence electrons. The monoisotopic (exact) mass is 431 g/mol. The van der Waals surface area contributed by atoms with E-state index in [9.17, 15) is 4.79 Å². The molecule has 0 saturated heterocycles. The molecule has 0 unspecified atom stereocenters. The number of carbonyl (C=O) groups excluding carboxylic acids is 1. The van der Waals surface area contributed by atoms with Crippen molar-refractivity contribution in [1.82, 2.24) is 4.57 Å². The van der Waals surface area contributed by atoms with Crippen LogP contribution in [0.3, 0.4) is 0 Å². The minimum atomic E-state index is -0.235. The summed E-state index contributed by atoms with van der Waals surface area (Å²) in [6, 6.07) is 26.1. The van der Waals surface area contributed by atoms with Crippen LogP contribution in [0.2, 0.25) is 0 Å². The Morgan fingerprint density at radius 3 is 2.26 bits per heavy atom. The smallest absolute Gasteiger partial charge is 0.310 e. The number of esters is 1. The average molecular weight is 432 g/mol. The summed E-state index contributed by atoms with van der Waals surface area (Å²) in [5, 5.41) is 2.10. The molecule has 0 amide bonds. The van der Waals surface area contributed by atoms with Crippen LogP contribution in [-0.4, -0.2) is 23.9 Å². The number of fused-ring (bicyclic) bond motifs is 1. The minimum absolute atomic E-state index is 0.217. The first-order valence-corrected chi connectivity index (χ1v) is 11.4. The van der Waals surface area contributed by atoms with Crippen molar-refractivity contribution in [2.24, 2.45) is 0 Å². The zero-order valence-electron chi connectivity index (χ0n) is 17.7. The molecule has 0 saturated carbocycles. The molecule has 5 heteroatoms. The Hall–Kier alpha value is -3.18. The van der Waals surface area contributed by atoms with Gasteiger partial charge in [0, 0.05) is 23.0 Å². The number of hydrogen-bond donors (Lipinski definition) is 0. The highest BCUT2D eigenvalue weighted by Gasteiger charge is 2.20. The molecule has 0 spiro atoms. The lowest BCUT2D eigenvalue weighted by Crippen LogP contribution is -2.09. The topological polar surface area (TPSA) is 40.5 Å². The summed E-state index contributed by atoms with van der Waals surface area (Å²) < 4.78 is 13.3. The summed E-state index contributed by atoms with van der Waals surface area (Å²) in [7, 11) is 1.66. The molecule has 4 nitrogen and oxygen atoms in total. The third-order valence-electron chi connectivity index (χ3n) is 5.26. The van der Waals surface area contributed by atoms with Gasteiger partial charge in [0.25, 0.3) is 0 Å². The van der Waals surface area contributed by atoms with Crippen LogP contribution in [0.15, 0.2) is 83.9 Å². The van der Waals surface area contributed by atoms with Crippen LogP contribution in [0.25, 0.3) is 10.9 Å². The zero-order chi connectivity index (χ0) is 21.6. The fraction of sp³-hybridized carbons (Fsp3) is 0.192. The molecule has 4 rings (SSSR count). The van der Waals surface area contributed by atoms with Crippen LogP contribution in [0.4, 0.5) is 0 Å². The van der Waals surface area contributed by atoms with Crippen molar-refractivity contribution >= 4 is 28.6 Å². The molecule has 0 aliphatic heterocycles. The summed E-state index contributed by atoms with van der Waals surface area (Å²) in [5.74, 6) is 0.539. The Kier molecular flexibility index (Phi) is 6.63. The van der Waals surface area contributed by atoms with E-state index in [1.54, 1.807) is 18.9 Å². The van der Waals surface area contributed by atoms with E-state index < -0.39 is 0 Å². The van der Waals surface area contributed by atoms with Crippen molar-refractivity contribution in [2.45, 2.75) is 24.6 Å². The van der Waals surface area contributed by atoms with Crippen LogP contribution >= 0.6 is 11.8 Å². The van der Waals surface area contributed by atoms with Gasteiger partial charge in [0.1, 0.15) is 12.4 Å². The van der Waals surface area contributed by atoms with Gasteiger partial charge in [0.15, 0.2) is 0 Å². The highest BCUT2D eigenvalue weighted by atomic mass is 32.2. The second-order valence-electron chi connectivity index (χ2n) is 7.27. The molecule has 0 bridgehead atoms. The summed E-state index contributed by atoms with van der Waals surface area (Å²) >= 11 is 1.65. The molecule has 1 aromatic heterocycles. The maximum absolute atomic E-state index is 12.7. The lowest BCUT2D eigenvalue weighted by molar-refractivity contribution is -0.144. The molecule has 0 atom stereocenters. The van der Waals surface area contributed by atoms with Crippen LogP contribution in [0, 0.1) is 0 Å². The third-order valence-corrected chi connectivity index (χ3v) is 6.12. The number of aromatic nitrogens is 1. The van der Waals surface area contributed by atoms with Gasteiger partial charge in [-0.2, -0.15) is 0 Å². The number of ether oxygens (including phenoxy) is 2. The first kappa shape index (κ1) is 21.1. The molecule has 0 fully saturated rings. The van der Waals surface area contributed by atoms with E-state index in [1.807, 2.05) is 66.9 Å². The van der Waals surface area contributed by atoms with Gasteiger partial charge in [-0.25, -0.2) is 0 Å². The molecule has 0 aliphatic rings. The largest absolute Gasteiger partial charge is 0.497 e. The first-order valence-electron chi connectivity index (χ1n) is 10.2. The highest BCUT2D eigenvalue weighted by Crippen LogP contribution is 2.35. The maximum atomic E-state index is 12.7. The quantitative estimate of drug-likeness (QED) is 0.265. The number of benzene rings is 3. The standard InChI is InChI=1S/C26H25NO3S/c1-29-21-13-14-24-22(15-21)23(16-25(28)30-18-20-11-7-4-8-12-20)26(31-2)27(24)17-19-9-5-3-6-10-19/h3-15H,16-18H2,1-2H3. The molecule has 31 heavy (non-hydrogen) atoms.